The summed E-state index contributed by atoms with van der Waals surface area (Å²) in [4.78, 5) is 0. The standard InChI is InChI=1S/C16H30/c1-4-5-6-7-8-9-10-11-12-13-14-15-16(2)3/h1,16H,5-15H2,2-3H3. The van der Waals surface area contributed by atoms with Crippen molar-refractivity contribution in [3.63, 3.8) is 0 Å². The molecule has 0 saturated carbocycles. The highest BCUT2D eigenvalue weighted by Crippen LogP contribution is 2.13. The van der Waals surface area contributed by atoms with Gasteiger partial charge in [0.15, 0.2) is 0 Å². The van der Waals surface area contributed by atoms with Gasteiger partial charge in [0.05, 0.1) is 0 Å². The quantitative estimate of drug-likeness (QED) is 0.317. The van der Waals surface area contributed by atoms with Crippen molar-refractivity contribution in [3.05, 3.63) is 0 Å². The molecular weight excluding hydrogens is 192 g/mol. The summed E-state index contributed by atoms with van der Waals surface area (Å²) in [5.74, 6) is 3.59. The Morgan fingerprint density at radius 1 is 0.750 bits per heavy atom. The van der Waals surface area contributed by atoms with Crippen molar-refractivity contribution in [2.24, 2.45) is 5.92 Å². The smallest absolute Gasteiger partial charge is 0.00860 e. The molecule has 0 fully saturated rings. The van der Waals surface area contributed by atoms with E-state index in [1.165, 1.54) is 64.2 Å². The first-order valence-corrected chi connectivity index (χ1v) is 7.21. The van der Waals surface area contributed by atoms with Gasteiger partial charge in [-0.25, -0.2) is 0 Å². The van der Waals surface area contributed by atoms with E-state index in [1.807, 2.05) is 0 Å². The summed E-state index contributed by atoms with van der Waals surface area (Å²) in [6.45, 7) is 4.63. The molecule has 0 spiro atoms. The molecule has 0 radical (unpaired) electrons. The maximum absolute atomic E-state index is 5.21. The minimum atomic E-state index is 0.885. The Bertz CT molecular complexity index is 161. The van der Waals surface area contributed by atoms with E-state index in [0.717, 1.165) is 12.3 Å². The predicted molar refractivity (Wildman–Crippen MR) is 74.5 cm³/mol. The minimum absolute atomic E-state index is 0.885. The number of hydrogen-bond donors (Lipinski definition) is 0. The van der Waals surface area contributed by atoms with Crippen LogP contribution in [0.5, 0.6) is 0 Å². The number of rotatable bonds is 11. The molecule has 0 N–H and O–H groups in total. The minimum Gasteiger partial charge on any atom is -0.120 e. The summed E-state index contributed by atoms with van der Waals surface area (Å²) in [6.07, 6.45) is 20.1. The molecule has 0 aromatic rings. The van der Waals surface area contributed by atoms with Crippen LogP contribution in [0.2, 0.25) is 0 Å². The molecule has 0 aliphatic carbocycles. The Morgan fingerprint density at radius 2 is 1.19 bits per heavy atom. The third kappa shape index (κ3) is 13.6. The summed E-state index contributed by atoms with van der Waals surface area (Å²) in [7, 11) is 0. The molecule has 94 valence electrons. The lowest BCUT2D eigenvalue weighted by atomic mass is 10.0. The van der Waals surface area contributed by atoms with Gasteiger partial charge in [-0.05, 0) is 12.3 Å². The van der Waals surface area contributed by atoms with E-state index in [2.05, 4.69) is 19.8 Å². The molecule has 0 bridgehead atoms. The Morgan fingerprint density at radius 3 is 1.62 bits per heavy atom. The molecule has 0 aliphatic heterocycles. The third-order valence-corrected chi connectivity index (χ3v) is 3.10. The lowest BCUT2D eigenvalue weighted by molar-refractivity contribution is 0.506. The van der Waals surface area contributed by atoms with Crippen molar-refractivity contribution < 1.29 is 0 Å². The zero-order valence-electron chi connectivity index (χ0n) is 11.4. The molecule has 16 heavy (non-hydrogen) atoms. The Balaban J connectivity index is 2.91. The lowest BCUT2D eigenvalue weighted by Gasteiger charge is -2.04. The molecule has 0 aliphatic rings. The molecule has 0 saturated heterocycles. The Labute approximate surface area is 103 Å². The molecule has 0 nitrogen and oxygen atoms in total. The maximum Gasteiger partial charge on any atom is 0.00860 e. The summed E-state index contributed by atoms with van der Waals surface area (Å²) in [5.41, 5.74) is 0. The van der Waals surface area contributed by atoms with Gasteiger partial charge in [-0.1, -0.05) is 71.6 Å². The van der Waals surface area contributed by atoms with E-state index in [-0.39, 0.29) is 0 Å². The van der Waals surface area contributed by atoms with Crippen molar-refractivity contribution in [2.75, 3.05) is 0 Å². The highest BCUT2D eigenvalue weighted by atomic mass is 14.0. The maximum atomic E-state index is 5.21. The molecule has 0 aromatic heterocycles. The van der Waals surface area contributed by atoms with Crippen LogP contribution in [0, 0.1) is 18.3 Å². The summed E-state index contributed by atoms with van der Waals surface area (Å²) < 4.78 is 0. The van der Waals surface area contributed by atoms with E-state index in [1.54, 1.807) is 0 Å². The van der Waals surface area contributed by atoms with Crippen molar-refractivity contribution >= 4 is 0 Å². The SMILES string of the molecule is C#CCCCCCCCCCCCC(C)C. The van der Waals surface area contributed by atoms with Gasteiger partial charge in [0, 0.05) is 6.42 Å². The van der Waals surface area contributed by atoms with Crippen LogP contribution in [0.4, 0.5) is 0 Å². The lowest BCUT2D eigenvalue weighted by Crippen LogP contribution is -1.87. The van der Waals surface area contributed by atoms with Crippen molar-refractivity contribution in [1.29, 1.82) is 0 Å². The van der Waals surface area contributed by atoms with Gasteiger partial charge in [-0.3, -0.25) is 0 Å². The number of terminal acetylenes is 1. The first-order valence-electron chi connectivity index (χ1n) is 7.21. The molecular formula is C16H30. The topological polar surface area (TPSA) is 0 Å². The normalized spacial score (nSPS) is 10.6. The van der Waals surface area contributed by atoms with Crippen LogP contribution < -0.4 is 0 Å². The number of hydrogen-bond acceptors (Lipinski definition) is 0. The zero-order valence-corrected chi connectivity index (χ0v) is 11.4. The molecule has 0 rings (SSSR count). The van der Waals surface area contributed by atoms with Crippen LogP contribution in [0.1, 0.15) is 84.5 Å². The largest absolute Gasteiger partial charge is 0.120 e. The fraction of sp³-hybridized carbons (Fsp3) is 0.875. The van der Waals surface area contributed by atoms with E-state index < -0.39 is 0 Å². The van der Waals surface area contributed by atoms with Crippen molar-refractivity contribution in [1.82, 2.24) is 0 Å². The highest BCUT2D eigenvalue weighted by molar-refractivity contribution is 4.82. The molecule has 0 atom stereocenters. The van der Waals surface area contributed by atoms with Crippen molar-refractivity contribution in [3.8, 4) is 12.3 Å². The number of unbranched alkanes of at least 4 members (excludes halogenated alkanes) is 9. The van der Waals surface area contributed by atoms with E-state index in [4.69, 9.17) is 6.42 Å². The summed E-state index contributed by atoms with van der Waals surface area (Å²) in [6, 6.07) is 0. The van der Waals surface area contributed by atoms with Gasteiger partial charge in [0.25, 0.3) is 0 Å². The highest BCUT2D eigenvalue weighted by Gasteiger charge is 1.95. The Hall–Kier alpha value is -0.440. The van der Waals surface area contributed by atoms with Gasteiger partial charge in [-0.15, -0.1) is 12.3 Å². The van der Waals surface area contributed by atoms with Crippen LogP contribution >= 0.6 is 0 Å². The van der Waals surface area contributed by atoms with Gasteiger partial charge >= 0.3 is 0 Å². The van der Waals surface area contributed by atoms with Crippen LogP contribution in [0.15, 0.2) is 0 Å². The Kier molecular flexibility index (Phi) is 12.3. The summed E-state index contributed by atoms with van der Waals surface area (Å²) >= 11 is 0. The second kappa shape index (κ2) is 12.6. The molecule has 0 amide bonds. The van der Waals surface area contributed by atoms with Gasteiger partial charge in [0.2, 0.25) is 0 Å². The fourth-order valence-electron chi connectivity index (χ4n) is 2.02. The van der Waals surface area contributed by atoms with Gasteiger partial charge in [-0.2, -0.15) is 0 Å². The second-order valence-corrected chi connectivity index (χ2v) is 5.32. The average Bonchev–Trinajstić information content (AvgIpc) is 2.25. The van der Waals surface area contributed by atoms with Gasteiger partial charge in [0.1, 0.15) is 0 Å². The molecule has 0 unspecified atom stereocenters. The van der Waals surface area contributed by atoms with Crippen LogP contribution in [-0.2, 0) is 0 Å². The third-order valence-electron chi connectivity index (χ3n) is 3.10. The average molecular weight is 222 g/mol. The molecule has 0 heteroatoms. The van der Waals surface area contributed by atoms with Gasteiger partial charge < -0.3 is 0 Å². The molecule has 0 heterocycles. The monoisotopic (exact) mass is 222 g/mol. The second-order valence-electron chi connectivity index (χ2n) is 5.32. The van der Waals surface area contributed by atoms with Crippen molar-refractivity contribution in [2.45, 2.75) is 84.5 Å². The first-order chi connectivity index (χ1) is 7.77. The van der Waals surface area contributed by atoms with Crippen LogP contribution in [0.25, 0.3) is 0 Å². The van der Waals surface area contributed by atoms with Crippen LogP contribution in [-0.4, -0.2) is 0 Å². The van der Waals surface area contributed by atoms with E-state index >= 15 is 0 Å². The van der Waals surface area contributed by atoms with Crippen LogP contribution in [0.3, 0.4) is 0 Å². The first kappa shape index (κ1) is 15.6. The fourth-order valence-corrected chi connectivity index (χ4v) is 2.02. The van der Waals surface area contributed by atoms with E-state index in [0.29, 0.717) is 0 Å². The molecule has 0 aromatic carbocycles. The summed E-state index contributed by atoms with van der Waals surface area (Å²) in [5, 5.41) is 0. The predicted octanol–water partition coefficient (Wildman–Crippen LogP) is 5.57. The van der Waals surface area contributed by atoms with E-state index in [9.17, 15) is 0 Å². The zero-order chi connectivity index (χ0) is 12.1.